The van der Waals surface area contributed by atoms with E-state index in [1.807, 2.05) is 12.1 Å². The largest absolute Gasteiger partial charge is 0.395 e. The van der Waals surface area contributed by atoms with Crippen LogP contribution in [0.3, 0.4) is 0 Å². The highest BCUT2D eigenvalue weighted by Crippen LogP contribution is 2.35. The molecule has 180 valence electrons. The van der Waals surface area contributed by atoms with Crippen LogP contribution in [0.4, 0.5) is 11.4 Å². The minimum absolute atomic E-state index is 0. The molecule has 0 unspecified atom stereocenters. The lowest BCUT2D eigenvalue weighted by molar-refractivity contribution is 0.0980. The van der Waals surface area contributed by atoms with E-state index in [1.54, 1.807) is 24.3 Å². The Morgan fingerprint density at radius 3 is 1.42 bits per heavy atom. The fraction of sp³-hybridized carbons (Fsp3) is 0.417. The fourth-order valence-electron chi connectivity index (χ4n) is 3.82. The molecule has 8 nitrogen and oxygen atoms in total. The third-order valence-corrected chi connectivity index (χ3v) is 5.34. The van der Waals surface area contributed by atoms with Gasteiger partial charge in [0.05, 0.1) is 24.3 Å². The SMILES string of the molecule is Cl.O=C1c2cccc(NCCCNCCO)c2C(=O)c2cccc(NCCCNCCO)c21. The average Bonchev–Trinajstić information content (AvgIpc) is 2.81. The van der Waals surface area contributed by atoms with Gasteiger partial charge in [-0.05, 0) is 38.1 Å². The maximum absolute atomic E-state index is 13.4. The van der Waals surface area contributed by atoms with E-state index >= 15 is 0 Å². The first-order chi connectivity index (χ1) is 15.7. The number of aliphatic hydroxyl groups is 2. The number of aliphatic hydroxyl groups excluding tert-OH is 2. The number of hydrogen-bond donors (Lipinski definition) is 6. The van der Waals surface area contributed by atoms with Gasteiger partial charge in [-0.2, -0.15) is 0 Å². The van der Waals surface area contributed by atoms with Crippen LogP contribution in [0.5, 0.6) is 0 Å². The first-order valence-electron chi connectivity index (χ1n) is 11.2. The predicted octanol–water partition coefficient (Wildman–Crippen LogP) is 1.65. The zero-order valence-electron chi connectivity index (χ0n) is 18.7. The van der Waals surface area contributed by atoms with Gasteiger partial charge in [-0.25, -0.2) is 0 Å². The second kappa shape index (κ2) is 13.9. The van der Waals surface area contributed by atoms with Crippen molar-refractivity contribution in [3.05, 3.63) is 58.7 Å². The molecule has 0 amide bonds. The van der Waals surface area contributed by atoms with Crippen molar-refractivity contribution in [1.29, 1.82) is 0 Å². The van der Waals surface area contributed by atoms with E-state index in [4.69, 9.17) is 10.2 Å². The molecule has 9 heteroatoms. The van der Waals surface area contributed by atoms with Crippen LogP contribution in [0.25, 0.3) is 0 Å². The lowest BCUT2D eigenvalue weighted by Gasteiger charge is -2.23. The van der Waals surface area contributed by atoms with Gasteiger partial charge in [0.15, 0.2) is 11.6 Å². The molecule has 0 radical (unpaired) electrons. The molecule has 0 saturated carbocycles. The van der Waals surface area contributed by atoms with Crippen LogP contribution in [0.1, 0.15) is 44.7 Å². The zero-order chi connectivity index (χ0) is 22.8. The van der Waals surface area contributed by atoms with Crippen LogP contribution in [0.15, 0.2) is 36.4 Å². The number of halogens is 1. The maximum atomic E-state index is 13.4. The van der Waals surface area contributed by atoms with E-state index in [-0.39, 0.29) is 37.2 Å². The predicted molar refractivity (Wildman–Crippen MR) is 133 cm³/mol. The van der Waals surface area contributed by atoms with Crippen molar-refractivity contribution in [3.63, 3.8) is 0 Å². The molecule has 6 N–H and O–H groups in total. The molecule has 1 aliphatic carbocycles. The highest BCUT2D eigenvalue weighted by Gasteiger charge is 2.33. The summed E-state index contributed by atoms with van der Waals surface area (Å²) in [5, 5.41) is 30.4. The standard InChI is InChI=1S/C24H32N4O4.ClH/c29-15-13-25-9-3-11-27-19-7-1-5-17-21(19)24(32)18-6-2-8-20(22(18)23(17)31)28-12-4-10-26-14-16-30;/h1-2,5-8,25-30H,3-4,9-16H2;1H. The lowest BCUT2D eigenvalue weighted by atomic mass is 9.82. The molecular formula is C24H33ClN4O4. The monoisotopic (exact) mass is 476 g/mol. The summed E-state index contributed by atoms with van der Waals surface area (Å²) in [5.41, 5.74) is 3.04. The fourth-order valence-corrected chi connectivity index (χ4v) is 3.82. The summed E-state index contributed by atoms with van der Waals surface area (Å²) in [5.74, 6) is -0.297. The van der Waals surface area contributed by atoms with Crippen molar-refractivity contribution in [2.45, 2.75) is 12.8 Å². The van der Waals surface area contributed by atoms with Gasteiger partial charge in [0, 0.05) is 48.7 Å². The molecule has 33 heavy (non-hydrogen) atoms. The maximum Gasteiger partial charge on any atom is 0.196 e. The molecule has 0 fully saturated rings. The quantitative estimate of drug-likeness (QED) is 0.194. The Hall–Kier alpha value is -2.49. The Labute approximate surface area is 200 Å². The van der Waals surface area contributed by atoms with Crippen molar-refractivity contribution in [3.8, 4) is 0 Å². The first kappa shape index (κ1) is 26.8. The highest BCUT2D eigenvalue weighted by molar-refractivity contribution is 6.31. The highest BCUT2D eigenvalue weighted by atomic mass is 35.5. The van der Waals surface area contributed by atoms with Crippen molar-refractivity contribution in [2.75, 3.05) is 63.1 Å². The lowest BCUT2D eigenvalue weighted by Crippen LogP contribution is -2.25. The number of anilines is 2. The number of benzene rings is 2. The molecule has 0 saturated heterocycles. The summed E-state index contributed by atoms with van der Waals surface area (Å²) in [4.78, 5) is 26.7. The summed E-state index contributed by atoms with van der Waals surface area (Å²) < 4.78 is 0. The van der Waals surface area contributed by atoms with Gasteiger partial charge in [0.2, 0.25) is 0 Å². The molecule has 0 spiro atoms. The molecule has 0 bridgehead atoms. The number of nitrogens with one attached hydrogen (secondary N) is 4. The third-order valence-electron chi connectivity index (χ3n) is 5.34. The second-order valence-electron chi connectivity index (χ2n) is 7.62. The molecule has 0 heterocycles. The van der Waals surface area contributed by atoms with Crippen LogP contribution in [0.2, 0.25) is 0 Å². The molecular weight excluding hydrogens is 444 g/mol. The Balaban J connectivity index is 0.00000385. The minimum Gasteiger partial charge on any atom is -0.395 e. The molecule has 0 aromatic heterocycles. The topological polar surface area (TPSA) is 123 Å². The number of rotatable bonds is 14. The number of fused-ring (bicyclic) bond motifs is 2. The Morgan fingerprint density at radius 2 is 1.03 bits per heavy atom. The van der Waals surface area contributed by atoms with Gasteiger partial charge in [0.1, 0.15) is 0 Å². The second-order valence-corrected chi connectivity index (χ2v) is 7.62. The van der Waals surface area contributed by atoms with Gasteiger partial charge in [-0.1, -0.05) is 24.3 Å². The van der Waals surface area contributed by atoms with E-state index in [2.05, 4.69) is 21.3 Å². The minimum atomic E-state index is -0.149. The number of hydrogen-bond acceptors (Lipinski definition) is 8. The van der Waals surface area contributed by atoms with Crippen molar-refractivity contribution < 1.29 is 19.8 Å². The third kappa shape index (κ3) is 6.75. The molecule has 3 rings (SSSR count). The van der Waals surface area contributed by atoms with E-state index in [9.17, 15) is 9.59 Å². The summed E-state index contributed by atoms with van der Waals surface area (Å²) in [7, 11) is 0. The van der Waals surface area contributed by atoms with Gasteiger partial charge in [0.25, 0.3) is 0 Å². The van der Waals surface area contributed by atoms with E-state index in [0.29, 0.717) is 59.8 Å². The smallest absolute Gasteiger partial charge is 0.196 e. The number of carbonyl (C=O) groups is 2. The summed E-state index contributed by atoms with van der Waals surface area (Å²) in [6.45, 7) is 4.12. The molecule has 2 aromatic rings. The first-order valence-corrected chi connectivity index (χ1v) is 11.2. The van der Waals surface area contributed by atoms with Crippen molar-refractivity contribution >= 4 is 35.3 Å². The molecule has 0 aliphatic heterocycles. The van der Waals surface area contributed by atoms with E-state index in [1.165, 1.54) is 0 Å². The Bertz CT molecular complexity index is 863. The van der Waals surface area contributed by atoms with Crippen LogP contribution >= 0.6 is 12.4 Å². The Kier molecular flexibility index (Phi) is 11.3. The van der Waals surface area contributed by atoms with Crippen LogP contribution in [-0.4, -0.2) is 74.3 Å². The van der Waals surface area contributed by atoms with E-state index < -0.39 is 0 Å². The summed E-state index contributed by atoms with van der Waals surface area (Å²) >= 11 is 0. The van der Waals surface area contributed by atoms with Crippen LogP contribution < -0.4 is 21.3 Å². The summed E-state index contributed by atoms with van der Waals surface area (Å²) in [6.07, 6.45) is 1.65. The molecule has 2 aromatic carbocycles. The average molecular weight is 477 g/mol. The van der Waals surface area contributed by atoms with Gasteiger partial charge in [-0.3, -0.25) is 9.59 Å². The molecule has 1 aliphatic rings. The molecule has 0 atom stereocenters. The van der Waals surface area contributed by atoms with Gasteiger partial charge < -0.3 is 31.5 Å². The van der Waals surface area contributed by atoms with Gasteiger partial charge in [-0.15, -0.1) is 12.4 Å². The zero-order valence-corrected chi connectivity index (χ0v) is 19.5. The Morgan fingerprint density at radius 1 is 0.606 bits per heavy atom. The normalized spacial score (nSPS) is 12.1. The van der Waals surface area contributed by atoms with E-state index in [0.717, 1.165) is 25.9 Å². The number of carbonyl (C=O) groups excluding carboxylic acids is 2. The van der Waals surface area contributed by atoms with Crippen molar-refractivity contribution in [1.82, 2.24) is 10.6 Å². The van der Waals surface area contributed by atoms with Crippen LogP contribution in [-0.2, 0) is 0 Å². The van der Waals surface area contributed by atoms with Crippen molar-refractivity contribution in [2.24, 2.45) is 0 Å². The summed E-state index contributed by atoms with van der Waals surface area (Å²) in [6, 6.07) is 10.7. The van der Waals surface area contributed by atoms with Crippen LogP contribution in [0, 0.1) is 0 Å². The number of ketones is 2. The van der Waals surface area contributed by atoms with Gasteiger partial charge >= 0.3 is 0 Å².